The molecule has 1 aliphatic rings. The number of hydrogen-bond acceptors (Lipinski definition) is 4. The summed E-state index contributed by atoms with van der Waals surface area (Å²) in [7, 11) is 0. The lowest BCUT2D eigenvalue weighted by Gasteiger charge is -2.23. The van der Waals surface area contributed by atoms with Crippen molar-refractivity contribution in [3.63, 3.8) is 0 Å². The van der Waals surface area contributed by atoms with Crippen LogP contribution >= 0.6 is 0 Å². The second-order valence-electron chi connectivity index (χ2n) is 3.27. The van der Waals surface area contributed by atoms with E-state index >= 15 is 0 Å². The Hall–Kier alpha value is -0.650. The van der Waals surface area contributed by atoms with E-state index < -0.39 is 5.97 Å². The van der Waals surface area contributed by atoms with Crippen molar-refractivity contribution in [2.75, 3.05) is 32.9 Å². The monoisotopic (exact) mass is 203 g/mol. The van der Waals surface area contributed by atoms with Crippen LogP contribution < -0.4 is 5.32 Å². The largest absolute Gasteiger partial charge is 0.481 e. The average Bonchev–Trinajstić information content (AvgIpc) is 2.18. The van der Waals surface area contributed by atoms with Crippen LogP contribution in [-0.4, -0.2) is 50.1 Å². The minimum Gasteiger partial charge on any atom is -0.481 e. The quantitative estimate of drug-likeness (QED) is 0.588. The summed E-state index contributed by atoms with van der Waals surface area (Å²) in [6.07, 6.45) is 0.992. The summed E-state index contributed by atoms with van der Waals surface area (Å²) in [4.78, 5) is 10.2. The van der Waals surface area contributed by atoms with Crippen LogP contribution in [0.1, 0.15) is 12.8 Å². The first-order valence-corrected chi connectivity index (χ1v) is 4.91. The van der Waals surface area contributed by atoms with Crippen molar-refractivity contribution >= 4 is 5.97 Å². The van der Waals surface area contributed by atoms with Crippen LogP contribution in [0.3, 0.4) is 0 Å². The van der Waals surface area contributed by atoms with E-state index in [9.17, 15) is 4.79 Å². The van der Waals surface area contributed by atoms with Gasteiger partial charge in [0.2, 0.25) is 0 Å². The highest BCUT2D eigenvalue weighted by Gasteiger charge is 2.12. The number of hydrogen-bond donors (Lipinski definition) is 2. The van der Waals surface area contributed by atoms with Gasteiger partial charge in [-0.3, -0.25) is 4.79 Å². The molecule has 1 heterocycles. The van der Waals surface area contributed by atoms with Crippen LogP contribution in [0.2, 0.25) is 0 Å². The van der Waals surface area contributed by atoms with E-state index in [1.165, 1.54) is 0 Å². The minimum atomic E-state index is -0.746. The first-order chi connectivity index (χ1) is 6.79. The fourth-order valence-corrected chi connectivity index (χ4v) is 1.28. The molecule has 1 unspecified atom stereocenters. The number of ether oxygens (including phenoxy) is 2. The Bertz CT molecular complexity index is 168. The van der Waals surface area contributed by atoms with Gasteiger partial charge in [0, 0.05) is 13.0 Å². The Labute approximate surface area is 83.4 Å². The van der Waals surface area contributed by atoms with E-state index in [0.29, 0.717) is 32.8 Å². The molecule has 1 rings (SSSR count). The zero-order chi connectivity index (χ0) is 10.2. The maximum atomic E-state index is 10.2. The van der Waals surface area contributed by atoms with Gasteiger partial charge in [0.05, 0.1) is 25.9 Å². The highest BCUT2D eigenvalue weighted by Crippen LogP contribution is 1.98. The van der Waals surface area contributed by atoms with Crippen LogP contribution in [-0.2, 0) is 14.3 Å². The molecule has 0 radical (unpaired) electrons. The molecule has 14 heavy (non-hydrogen) atoms. The van der Waals surface area contributed by atoms with Gasteiger partial charge < -0.3 is 19.9 Å². The van der Waals surface area contributed by atoms with Crippen LogP contribution in [0, 0.1) is 0 Å². The van der Waals surface area contributed by atoms with Gasteiger partial charge >= 0.3 is 5.97 Å². The smallest absolute Gasteiger partial charge is 0.303 e. The lowest BCUT2D eigenvalue weighted by Crippen LogP contribution is -2.37. The average molecular weight is 203 g/mol. The molecule has 0 aliphatic carbocycles. The predicted octanol–water partition coefficient (Wildman–Crippen LogP) is -0.144. The van der Waals surface area contributed by atoms with Gasteiger partial charge in [-0.1, -0.05) is 0 Å². The van der Waals surface area contributed by atoms with Crippen molar-refractivity contribution < 1.29 is 19.4 Å². The van der Waals surface area contributed by atoms with E-state index in [2.05, 4.69) is 5.32 Å². The predicted molar refractivity (Wildman–Crippen MR) is 50.3 cm³/mol. The first-order valence-electron chi connectivity index (χ1n) is 4.91. The molecule has 5 nitrogen and oxygen atoms in total. The summed E-state index contributed by atoms with van der Waals surface area (Å²) in [5, 5.41) is 11.5. The van der Waals surface area contributed by atoms with E-state index in [-0.39, 0.29) is 12.5 Å². The molecule has 0 aromatic heterocycles. The van der Waals surface area contributed by atoms with Crippen molar-refractivity contribution in [1.29, 1.82) is 0 Å². The van der Waals surface area contributed by atoms with Gasteiger partial charge in [0.15, 0.2) is 0 Å². The summed E-state index contributed by atoms with van der Waals surface area (Å²) in [6.45, 7) is 3.41. The van der Waals surface area contributed by atoms with E-state index in [0.717, 1.165) is 6.54 Å². The van der Waals surface area contributed by atoms with Gasteiger partial charge in [-0.25, -0.2) is 0 Å². The SMILES string of the molecule is O=C(O)CCCNCC1COCCO1. The molecule has 0 aromatic rings. The topological polar surface area (TPSA) is 67.8 Å². The molecule has 0 spiro atoms. The van der Waals surface area contributed by atoms with Crippen LogP contribution in [0.4, 0.5) is 0 Å². The lowest BCUT2D eigenvalue weighted by molar-refractivity contribution is -0.137. The van der Waals surface area contributed by atoms with Crippen molar-refractivity contribution in [3.8, 4) is 0 Å². The molecule has 1 fully saturated rings. The zero-order valence-corrected chi connectivity index (χ0v) is 8.20. The Balaban J connectivity index is 1.90. The van der Waals surface area contributed by atoms with Crippen LogP contribution in [0.25, 0.3) is 0 Å². The Morgan fingerprint density at radius 2 is 2.36 bits per heavy atom. The summed E-state index contributed by atoms with van der Waals surface area (Å²) in [5.74, 6) is -0.746. The third-order valence-electron chi connectivity index (χ3n) is 2.00. The van der Waals surface area contributed by atoms with Crippen molar-refractivity contribution in [1.82, 2.24) is 5.32 Å². The lowest BCUT2D eigenvalue weighted by atomic mass is 10.3. The first kappa shape index (κ1) is 11.4. The van der Waals surface area contributed by atoms with Crippen LogP contribution in [0.5, 0.6) is 0 Å². The molecule has 0 saturated carbocycles. The van der Waals surface area contributed by atoms with Crippen molar-refractivity contribution in [2.24, 2.45) is 0 Å². The molecule has 82 valence electrons. The highest BCUT2D eigenvalue weighted by molar-refractivity contribution is 5.66. The number of rotatable bonds is 6. The number of carboxylic acid groups (broad SMARTS) is 1. The number of carboxylic acids is 1. The van der Waals surface area contributed by atoms with Crippen molar-refractivity contribution in [3.05, 3.63) is 0 Å². The maximum Gasteiger partial charge on any atom is 0.303 e. The molecule has 2 N–H and O–H groups in total. The summed E-state index contributed by atoms with van der Waals surface area (Å²) >= 11 is 0. The van der Waals surface area contributed by atoms with Crippen LogP contribution in [0.15, 0.2) is 0 Å². The Morgan fingerprint density at radius 1 is 1.50 bits per heavy atom. The van der Waals surface area contributed by atoms with E-state index in [1.807, 2.05) is 0 Å². The molecule has 5 heteroatoms. The molecule has 1 atom stereocenters. The summed E-state index contributed by atoms with van der Waals surface area (Å²) in [5.41, 5.74) is 0. The third kappa shape index (κ3) is 5.16. The second-order valence-corrected chi connectivity index (χ2v) is 3.27. The number of carbonyl (C=O) groups is 1. The van der Waals surface area contributed by atoms with Gasteiger partial charge in [0.25, 0.3) is 0 Å². The summed E-state index contributed by atoms with van der Waals surface area (Å²) < 4.78 is 10.6. The molecular weight excluding hydrogens is 186 g/mol. The number of nitrogens with one attached hydrogen (secondary N) is 1. The fourth-order valence-electron chi connectivity index (χ4n) is 1.28. The molecule has 1 saturated heterocycles. The zero-order valence-electron chi connectivity index (χ0n) is 8.20. The number of aliphatic carboxylic acids is 1. The van der Waals surface area contributed by atoms with Gasteiger partial charge in [-0.05, 0) is 13.0 Å². The molecule has 1 aliphatic heterocycles. The highest BCUT2D eigenvalue weighted by atomic mass is 16.6. The Kier molecular flexibility index (Phi) is 5.51. The maximum absolute atomic E-state index is 10.2. The van der Waals surface area contributed by atoms with Gasteiger partial charge in [0.1, 0.15) is 0 Å². The molecular formula is C9H17NO4. The summed E-state index contributed by atoms with van der Waals surface area (Å²) in [6, 6.07) is 0. The molecule has 0 aromatic carbocycles. The fraction of sp³-hybridized carbons (Fsp3) is 0.889. The molecule has 0 bridgehead atoms. The van der Waals surface area contributed by atoms with Crippen molar-refractivity contribution in [2.45, 2.75) is 18.9 Å². The standard InChI is InChI=1S/C9H17NO4/c11-9(12)2-1-3-10-6-8-7-13-4-5-14-8/h8,10H,1-7H2,(H,11,12). The Morgan fingerprint density at radius 3 is 3.00 bits per heavy atom. The van der Waals surface area contributed by atoms with Gasteiger partial charge in [-0.2, -0.15) is 0 Å². The third-order valence-corrected chi connectivity index (χ3v) is 2.00. The minimum absolute atomic E-state index is 0.119. The van der Waals surface area contributed by atoms with Gasteiger partial charge in [-0.15, -0.1) is 0 Å². The normalized spacial score (nSPS) is 22.1. The molecule has 0 amide bonds. The van der Waals surface area contributed by atoms with E-state index in [1.54, 1.807) is 0 Å². The van der Waals surface area contributed by atoms with E-state index in [4.69, 9.17) is 14.6 Å². The second kappa shape index (κ2) is 6.75.